The van der Waals surface area contributed by atoms with E-state index >= 15 is 0 Å². The zero-order chi connectivity index (χ0) is 19.7. The van der Waals surface area contributed by atoms with Crippen molar-refractivity contribution in [2.75, 3.05) is 12.3 Å². The lowest BCUT2D eigenvalue weighted by Gasteiger charge is -2.08. The summed E-state index contributed by atoms with van der Waals surface area (Å²) in [5, 5.41) is 3.56. The molecule has 0 saturated heterocycles. The number of carbonyl (C=O) groups is 1. The lowest BCUT2D eigenvalue weighted by Crippen LogP contribution is -2.26. The van der Waals surface area contributed by atoms with Crippen molar-refractivity contribution in [1.82, 2.24) is 14.9 Å². The number of nitrogens with one attached hydrogen (secondary N) is 1. The van der Waals surface area contributed by atoms with Crippen LogP contribution in [-0.2, 0) is 19.4 Å². The zero-order valence-corrected chi connectivity index (χ0v) is 18.0. The van der Waals surface area contributed by atoms with E-state index in [4.69, 9.17) is 10.7 Å². The number of rotatable bonds is 4. The van der Waals surface area contributed by atoms with Gasteiger partial charge in [0.15, 0.2) is 0 Å². The number of anilines is 1. The molecule has 0 aliphatic carbocycles. The number of thiophene rings is 1. The van der Waals surface area contributed by atoms with Crippen molar-refractivity contribution in [3.63, 3.8) is 0 Å². The summed E-state index contributed by atoms with van der Waals surface area (Å²) in [4.78, 5) is 31.7. The van der Waals surface area contributed by atoms with Gasteiger partial charge in [-0.15, -0.1) is 23.7 Å². The largest absolute Gasteiger partial charge is 0.399 e. The molecule has 2 aromatic heterocycles. The van der Waals surface area contributed by atoms with Gasteiger partial charge in [0.2, 0.25) is 0 Å². The number of carbonyl (C=O) groups excluding carboxylic acids is 1. The predicted octanol–water partition coefficient (Wildman–Crippen LogP) is 3.47. The summed E-state index contributed by atoms with van der Waals surface area (Å²) >= 11 is 1.32. The van der Waals surface area contributed by atoms with Crippen molar-refractivity contribution in [2.45, 2.75) is 45.6 Å². The number of fused-ring (bicyclic) bond motifs is 2. The standard InChI is InChI=1S/C21H24N4O2S.ClH/c1-13-17-20(24-16-5-3-2-4-12-25(16)21(17)27)28-18(13)19(26)23-11-10-14-6-8-15(22)9-7-14;/h6-9H,2-5,10-12,22H2,1H3,(H,23,26);1H. The molecule has 29 heavy (non-hydrogen) atoms. The Balaban J connectivity index is 0.00000240. The van der Waals surface area contributed by atoms with Crippen LogP contribution in [-0.4, -0.2) is 22.0 Å². The Labute approximate surface area is 179 Å². The maximum atomic E-state index is 13.0. The number of hydrogen-bond donors (Lipinski definition) is 2. The van der Waals surface area contributed by atoms with E-state index < -0.39 is 0 Å². The first-order valence-corrected chi connectivity index (χ1v) is 10.5. The average molecular weight is 433 g/mol. The quantitative estimate of drug-likeness (QED) is 0.617. The van der Waals surface area contributed by atoms with Gasteiger partial charge in [-0.1, -0.05) is 18.6 Å². The summed E-state index contributed by atoms with van der Waals surface area (Å²) in [6, 6.07) is 7.64. The molecule has 0 saturated carbocycles. The third kappa shape index (κ3) is 4.31. The maximum absolute atomic E-state index is 13.0. The second kappa shape index (κ2) is 8.97. The van der Waals surface area contributed by atoms with Gasteiger partial charge in [-0.3, -0.25) is 14.2 Å². The number of nitrogens with zero attached hydrogens (tertiary/aromatic N) is 2. The molecule has 0 unspecified atom stereocenters. The fourth-order valence-corrected chi connectivity index (χ4v) is 4.82. The van der Waals surface area contributed by atoms with Crippen LogP contribution in [0.5, 0.6) is 0 Å². The summed E-state index contributed by atoms with van der Waals surface area (Å²) in [6.45, 7) is 3.09. The molecule has 1 aliphatic heterocycles. The van der Waals surface area contributed by atoms with Crippen LogP contribution in [0.2, 0.25) is 0 Å². The minimum Gasteiger partial charge on any atom is -0.399 e. The van der Waals surface area contributed by atoms with Gasteiger partial charge in [0.1, 0.15) is 10.7 Å². The summed E-state index contributed by atoms with van der Waals surface area (Å²) in [5.41, 5.74) is 8.28. The van der Waals surface area contributed by atoms with E-state index in [0.29, 0.717) is 21.6 Å². The van der Waals surface area contributed by atoms with Gasteiger partial charge in [-0.25, -0.2) is 4.98 Å². The van der Waals surface area contributed by atoms with Crippen molar-refractivity contribution in [3.05, 3.63) is 56.4 Å². The van der Waals surface area contributed by atoms with Gasteiger partial charge in [-0.2, -0.15) is 0 Å². The van der Waals surface area contributed by atoms with Crippen LogP contribution in [0, 0.1) is 6.92 Å². The Hall–Kier alpha value is -2.38. The summed E-state index contributed by atoms with van der Waals surface area (Å²) < 4.78 is 1.80. The molecule has 4 rings (SSSR count). The monoisotopic (exact) mass is 432 g/mol. The molecule has 0 atom stereocenters. The minimum atomic E-state index is -0.143. The highest BCUT2D eigenvalue weighted by atomic mass is 35.5. The number of benzene rings is 1. The topological polar surface area (TPSA) is 90.0 Å². The van der Waals surface area contributed by atoms with E-state index in [1.165, 1.54) is 11.3 Å². The van der Waals surface area contributed by atoms with Crippen LogP contribution < -0.4 is 16.6 Å². The molecule has 3 heterocycles. The van der Waals surface area contributed by atoms with E-state index in [2.05, 4.69) is 5.32 Å². The second-order valence-electron chi connectivity index (χ2n) is 7.28. The highest BCUT2D eigenvalue weighted by Crippen LogP contribution is 2.28. The van der Waals surface area contributed by atoms with Gasteiger partial charge in [-0.05, 0) is 49.4 Å². The molecule has 0 fully saturated rings. The van der Waals surface area contributed by atoms with Crippen molar-refractivity contribution in [2.24, 2.45) is 0 Å². The molecular formula is C21H25ClN4O2S. The van der Waals surface area contributed by atoms with Crippen LogP contribution in [0.15, 0.2) is 29.1 Å². The number of nitrogens with two attached hydrogens (primary N) is 1. The molecule has 6 nitrogen and oxygen atoms in total. The normalized spacial score (nSPS) is 13.4. The summed E-state index contributed by atoms with van der Waals surface area (Å²) in [5.74, 6) is 0.710. The molecular weight excluding hydrogens is 408 g/mol. The van der Waals surface area contributed by atoms with Crippen LogP contribution in [0.3, 0.4) is 0 Å². The number of amides is 1. The smallest absolute Gasteiger partial charge is 0.262 e. The maximum Gasteiger partial charge on any atom is 0.262 e. The van der Waals surface area contributed by atoms with E-state index in [-0.39, 0.29) is 23.9 Å². The van der Waals surface area contributed by atoms with Crippen LogP contribution in [0.4, 0.5) is 5.69 Å². The van der Waals surface area contributed by atoms with E-state index in [1.54, 1.807) is 4.57 Å². The molecule has 0 bridgehead atoms. The van der Waals surface area contributed by atoms with Crippen molar-refractivity contribution >= 4 is 45.6 Å². The Morgan fingerprint density at radius 1 is 1.24 bits per heavy atom. The van der Waals surface area contributed by atoms with E-state index in [0.717, 1.165) is 61.3 Å². The summed E-state index contributed by atoms with van der Waals surface area (Å²) in [6.07, 6.45) is 4.73. The zero-order valence-electron chi connectivity index (χ0n) is 16.4. The Morgan fingerprint density at radius 2 is 2.00 bits per heavy atom. The highest BCUT2D eigenvalue weighted by molar-refractivity contribution is 7.20. The number of halogens is 1. The highest BCUT2D eigenvalue weighted by Gasteiger charge is 2.22. The molecule has 3 N–H and O–H groups in total. The summed E-state index contributed by atoms with van der Waals surface area (Å²) in [7, 11) is 0. The first-order valence-electron chi connectivity index (χ1n) is 9.70. The Morgan fingerprint density at radius 3 is 2.76 bits per heavy atom. The Bertz CT molecular complexity index is 1090. The first-order chi connectivity index (χ1) is 13.5. The predicted molar refractivity (Wildman–Crippen MR) is 120 cm³/mol. The van der Waals surface area contributed by atoms with Crippen molar-refractivity contribution < 1.29 is 4.79 Å². The lowest BCUT2D eigenvalue weighted by molar-refractivity contribution is 0.0957. The third-order valence-electron chi connectivity index (χ3n) is 5.30. The number of aromatic nitrogens is 2. The van der Waals surface area contributed by atoms with Crippen molar-refractivity contribution in [3.8, 4) is 0 Å². The third-order valence-corrected chi connectivity index (χ3v) is 6.48. The van der Waals surface area contributed by atoms with Gasteiger partial charge in [0.25, 0.3) is 11.5 Å². The van der Waals surface area contributed by atoms with E-state index in [9.17, 15) is 9.59 Å². The fraction of sp³-hybridized carbons (Fsp3) is 0.381. The SMILES string of the molecule is Cc1c(C(=O)NCCc2ccc(N)cc2)sc2nc3n(c(=O)c12)CCCCC3.Cl. The van der Waals surface area contributed by atoms with Gasteiger partial charge in [0, 0.05) is 25.2 Å². The fourth-order valence-electron chi connectivity index (χ4n) is 3.71. The van der Waals surface area contributed by atoms with Crippen LogP contribution >= 0.6 is 23.7 Å². The molecule has 154 valence electrons. The minimum absolute atomic E-state index is 0. The van der Waals surface area contributed by atoms with E-state index in [1.807, 2.05) is 31.2 Å². The molecule has 3 aromatic rings. The second-order valence-corrected chi connectivity index (χ2v) is 8.28. The first kappa shape index (κ1) is 21.3. The molecule has 1 aromatic carbocycles. The lowest BCUT2D eigenvalue weighted by atomic mass is 10.1. The average Bonchev–Trinajstić information content (AvgIpc) is 2.85. The number of hydrogen-bond acceptors (Lipinski definition) is 5. The van der Waals surface area contributed by atoms with Gasteiger partial charge in [0.05, 0.1) is 10.3 Å². The van der Waals surface area contributed by atoms with Crippen molar-refractivity contribution in [1.29, 1.82) is 0 Å². The molecule has 0 spiro atoms. The number of nitrogen functional groups attached to an aromatic ring is 1. The van der Waals surface area contributed by atoms with Gasteiger partial charge >= 0.3 is 0 Å². The van der Waals surface area contributed by atoms with Crippen LogP contribution in [0.25, 0.3) is 10.2 Å². The molecule has 8 heteroatoms. The van der Waals surface area contributed by atoms with Gasteiger partial charge < -0.3 is 11.1 Å². The number of aryl methyl sites for hydroxylation is 2. The Kier molecular flexibility index (Phi) is 6.59. The molecule has 1 amide bonds. The van der Waals surface area contributed by atoms with Crippen LogP contribution in [0.1, 0.15) is 45.9 Å². The molecule has 1 aliphatic rings. The molecule has 0 radical (unpaired) electrons.